The third-order valence-electron chi connectivity index (χ3n) is 3.76. The van der Waals surface area contributed by atoms with Gasteiger partial charge in [0.15, 0.2) is 5.65 Å². The number of rotatable bonds is 5. The van der Waals surface area contributed by atoms with Crippen LogP contribution in [0.1, 0.15) is 18.9 Å². The molecule has 0 unspecified atom stereocenters. The van der Waals surface area contributed by atoms with Crippen LogP contribution in [0.2, 0.25) is 10.0 Å². The summed E-state index contributed by atoms with van der Waals surface area (Å²) in [5, 5.41) is 4.67. The molecule has 0 aliphatic rings. The van der Waals surface area contributed by atoms with Crippen LogP contribution in [0.15, 0.2) is 36.8 Å². The van der Waals surface area contributed by atoms with Crippen molar-refractivity contribution in [2.24, 2.45) is 5.73 Å². The molecule has 23 heavy (non-hydrogen) atoms. The Labute approximate surface area is 145 Å². The zero-order chi connectivity index (χ0) is 16.4. The standard InChI is InChI=1S/C17H18Cl2N4/c1-2-5-21-16-13(9-20)14(10-23-7-6-22-17(16)23)12-4-3-11(18)8-15(12)19/h3-4,6-8,10,21H,2,5,9,20H2,1H3. The van der Waals surface area contributed by atoms with Crippen LogP contribution in [-0.4, -0.2) is 15.9 Å². The maximum atomic E-state index is 6.40. The Morgan fingerprint density at radius 3 is 2.78 bits per heavy atom. The largest absolute Gasteiger partial charge is 0.382 e. The number of benzene rings is 1. The maximum Gasteiger partial charge on any atom is 0.160 e. The molecular weight excluding hydrogens is 331 g/mol. The molecule has 0 atom stereocenters. The van der Waals surface area contributed by atoms with Gasteiger partial charge >= 0.3 is 0 Å². The molecule has 0 spiro atoms. The van der Waals surface area contributed by atoms with E-state index < -0.39 is 0 Å². The second kappa shape index (κ2) is 6.79. The van der Waals surface area contributed by atoms with E-state index in [0.717, 1.165) is 41.0 Å². The molecule has 2 aromatic heterocycles. The molecule has 120 valence electrons. The monoisotopic (exact) mass is 348 g/mol. The number of hydrogen-bond donors (Lipinski definition) is 2. The first kappa shape index (κ1) is 16.1. The zero-order valence-corrected chi connectivity index (χ0v) is 14.3. The van der Waals surface area contributed by atoms with Gasteiger partial charge in [-0.1, -0.05) is 36.2 Å². The first-order chi connectivity index (χ1) is 11.2. The minimum absolute atomic E-state index is 0.393. The van der Waals surface area contributed by atoms with E-state index in [2.05, 4.69) is 17.2 Å². The highest BCUT2D eigenvalue weighted by atomic mass is 35.5. The molecule has 1 aromatic carbocycles. The number of fused-ring (bicyclic) bond motifs is 1. The minimum Gasteiger partial charge on any atom is -0.382 e. The van der Waals surface area contributed by atoms with Gasteiger partial charge in [0.25, 0.3) is 0 Å². The van der Waals surface area contributed by atoms with Crippen molar-refractivity contribution in [2.75, 3.05) is 11.9 Å². The van der Waals surface area contributed by atoms with Crippen molar-refractivity contribution < 1.29 is 0 Å². The Morgan fingerprint density at radius 2 is 2.09 bits per heavy atom. The van der Waals surface area contributed by atoms with E-state index in [9.17, 15) is 0 Å². The molecule has 6 heteroatoms. The molecule has 0 saturated carbocycles. The van der Waals surface area contributed by atoms with Crippen LogP contribution < -0.4 is 11.1 Å². The van der Waals surface area contributed by atoms with E-state index in [1.807, 2.05) is 28.9 Å². The summed E-state index contributed by atoms with van der Waals surface area (Å²) >= 11 is 12.4. The average Bonchev–Trinajstić information content (AvgIpc) is 3.00. The van der Waals surface area contributed by atoms with E-state index >= 15 is 0 Å². The molecular formula is C17H18Cl2N4. The topological polar surface area (TPSA) is 55.3 Å². The normalized spacial score (nSPS) is 11.1. The fourth-order valence-corrected chi connectivity index (χ4v) is 3.20. The Balaban J connectivity index is 2.27. The molecule has 0 aliphatic carbocycles. The fourth-order valence-electron chi connectivity index (χ4n) is 2.69. The lowest BCUT2D eigenvalue weighted by molar-refractivity contribution is 0.965. The molecule has 3 rings (SSSR count). The molecule has 4 nitrogen and oxygen atoms in total. The third-order valence-corrected chi connectivity index (χ3v) is 4.31. The summed E-state index contributed by atoms with van der Waals surface area (Å²) in [6, 6.07) is 5.50. The zero-order valence-electron chi connectivity index (χ0n) is 12.8. The second-order valence-electron chi connectivity index (χ2n) is 5.31. The number of nitrogens with two attached hydrogens (primary N) is 1. The lowest BCUT2D eigenvalue weighted by atomic mass is 10.00. The van der Waals surface area contributed by atoms with Crippen molar-refractivity contribution in [2.45, 2.75) is 19.9 Å². The number of anilines is 1. The first-order valence-corrected chi connectivity index (χ1v) is 8.29. The Bertz CT molecular complexity index is 842. The Hall–Kier alpha value is -1.75. The molecule has 0 amide bonds. The van der Waals surface area contributed by atoms with E-state index in [4.69, 9.17) is 28.9 Å². The van der Waals surface area contributed by atoms with Crippen molar-refractivity contribution in [3.05, 3.63) is 52.4 Å². The van der Waals surface area contributed by atoms with Crippen molar-refractivity contribution in [1.29, 1.82) is 0 Å². The van der Waals surface area contributed by atoms with Gasteiger partial charge < -0.3 is 15.5 Å². The van der Waals surface area contributed by atoms with E-state index in [1.54, 1.807) is 12.3 Å². The van der Waals surface area contributed by atoms with Crippen LogP contribution in [0.25, 0.3) is 16.8 Å². The molecule has 0 aliphatic heterocycles. The summed E-state index contributed by atoms with van der Waals surface area (Å²) in [4.78, 5) is 4.44. The number of halogens is 2. The summed E-state index contributed by atoms with van der Waals surface area (Å²) in [5.41, 5.74) is 10.8. The van der Waals surface area contributed by atoms with Gasteiger partial charge in [0, 0.05) is 58.4 Å². The van der Waals surface area contributed by atoms with E-state index in [0.29, 0.717) is 16.6 Å². The third kappa shape index (κ3) is 3.02. The molecule has 3 aromatic rings. The van der Waals surface area contributed by atoms with E-state index in [-0.39, 0.29) is 0 Å². The lowest BCUT2D eigenvalue weighted by Gasteiger charge is -2.17. The van der Waals surface area contributed by atoms with Gasteiger partial charge in [0.1, 0.15) is 0 Å². The predicted molar refractivity (Wildman–Crippen MR) is 97.3 cm³/mol. The minimum atomic E-state index is 0.393. The Morgan fingerprint density at radius 1 is 1.26 bits per heavy atom. The van der Waals surface area contributed by atoms with Crippen molar-refractivity contribution in [1.82, 2.24) is 9.38 Å². The van der Waals surface area contributed by atoms with Gasteiger partial charge in [-0.3, -0.25) is 0 Å². The quantitative estimate of drug-likeness (QED) is 0.708. The second-order valence-corrected chi connectivity index (χ2v) is 6.15. The SMILES string of the molecule is CCCNc1c(CN)c(-c2ccc(Cl)cc2Cl)cn2ccnc12. The molecule has 2 heterocycles. The number of nitrogens with one attached hydrogen (secondary N) is 1. The van der Waals surface area contributed by atoms with Gasteiger partial charge in [-0.05, 0) is 18.6 Å². The van der Waals surface area contributed by atoms with Gasteiger partial charge in [-0.25, -0.2) is 4.98 Å². The summed E-state index contributed by atoms with van der Waals surface area (Å²) in [5.74, 6) is 0. The van der Waals surface area contributed by atoms with Gasteiger partial charge in [0.05, 0.1) is 5.69 Å². The summed E-state index contributed by atoms with van der Waals surface area (Å²) in [7, 11) is 0. The number of hydrogen-bond acceptors (Lipinski definition) is 3. The van der Waals surface area contributed by atoms with Crippen LogP contribution in [0.4, 0.5) is 5.69 Å². The van der Waals surface area contributed by atoms with Crippen molar-refractivity contribution in [3.8, 4) is 11.1 Å². The molecule has 0 bridgehead atoms. The molecule has 0 saturated heterocycles. The predicted octanol–water partition coefficient (Wildman–Crippen LogP) is 4.59. The summed E-state index contributed by atoms with van der Waals surface area (Å²) in [6.45, 7) is 3.37. The Kier molecular flexibility index (Phi) is 4.76. The smallest absolute Gasteiger partial charge is 0.160 e. The average molecular weight is 349 g/mol. The maximum absolute atomic E-state index is 6.40. The number of pyridine rings is 1. The van der Waals surface area contributed by atoms with Crippen LogP contribution in [0.3, 0.4) is 0 Å². The molecule has 0 radical (unpaired) electrons. The van der Waals surface area contributed by atoms with Gasteiger partial charge in [-0.2, -0.15) is 0 Å². The van der Waals surface area contributed by atoms with Crippen molar-refractivity contribution in [3.63, 3.8) is 0 Å². The molecule has 0 fully saturated rings. The lowest BCUT2D eigenvalue weighted by Crippen LogP contribution is -2.10. The van der Waals surface area contributed by atoms with Crippen LogP contribution in [0.5, 0.6) is 0 Å². The highest BCUT2D eigenvalue weighted by Gasteiger charge is 2.16. The summed E-state index contributed by atoms with van der Waals surface area (Å²) < 4.78 is 1.98. The highest BCUT2D eigenvalue weighted by Crippen LogP contribution is 2.36. The van der Waals surface area contributed by atoms with Gasteiger partial charge in [-0.15, -0.1) is 0 Å². The van der Waals surface area contributed by atoms with Gasteiger partial charge in [0.2, 0.25) is 0 Å². The summed E-state index contributed by atoms with van der Waals surface area (Å²) in [6.07, 6.45) is 6.72. The number of aromatic nitrogens is 2. The highest BCUT2D eigenvalue weighted by molar-refractivity contribution is 6.36. The number of nitrogens with zero attached hydrogens (tertiary/aromatic N) is 2. The fraction of sp³-hybridized carbons (Fsp3) is 0.235. The van der Waals surface area contributed by atoms with Crippen LogP contribution in [0, 0.1) is 0 Å². The van der Waals surface area contributed by atoms with Crippen LogP contribution in [-0.2, 0) is 6.54 Å². The first-order valence-electron chi connectivity index (χ1n) is 7.53. The van der Waals surface area contributed by atoms with Crippen LogP contribution >= 0.6 is 23.2 Å². The number of imidazole rings is 1. The van der Waals surface area contributed by atoms with E-state index in [1.165, 1.54) is 0 Å². The molecule has 3 N–H and O–H groups in total. The van der Waals surface area contributed by atoms with Crippen molar-refractivity contribution >= 4 is 34.5 Å².